The second kappa shape index (κ2) is 6.84. The number of hydrogen-bond donors (Lipinski definition) is 0. The molecule has 2 aromatic rings. The van der Waals surface area contributed by atoms with E-state index in [9.17, 15) is 9.18 Å². The molecule has 0 bridgehead atoms. The van der Waals surface area contributed by atoms with Gasteiger partial charge in [-0.05, 0) is 42.7 Å². The van der Waals surface area contributed by atoms with Gasteiger partial charge in [0.2, 0.25) is 0 Å². The van der Waals surface area contributed by atoms with Crippen LogP contribution >= 0.6 is 0 Å². The fourth-order valence-electron chi connectivity index (χ4n) is 2.00. The van der Waals surface area contributed by atoms with Crippen molar-refractivity contribution >= 4 is 11.5 Å². The van der Waals surface area contributed by atoms with Gasteiger partial charge < -0.3 is 4.74 Å². The molecule has 0 aromatic heterocycles. The maximum absolute atomic E-state index is 13.1. The lowest BCUT2D eigenvalue weighted by Crippen LogP contribution is -2.02. The first-order valence-corrected chi connectivity index (χ1v) is 6.81. The molecule has 0 spiro atoms. The summed E-state index contributed by atoms with van der Waals surface area (Å²) in [5.41, 5.74) is 3.51. The number of halogens is 1. The van der Waals surface area contributed by atoms with Gasteiger partial charge in [-0.25, -0.2) is 9.18 Å². The summed E-state index contributed by atoms with van der Waals surface area (Å²) in [5.74, 6) is -0.712. The third-order valence-electron chi connectivity index (χ3n) is 3.07. The van der Waals surface area contributed by atoms with E-state index >= 15 is 0 Å². The van der Waals surface area contributed by atoms with Gasteiger partial charge in [0.15, 0.2) is 0 Å². The molecule has 0 N–H and O–H groups in total. The van der Waals surface area contributed by atoms with Crippen molar-refractivity contribution in [3.05, 3.63) is 77.1 Å². The second-order valence-electron chi connectivity index (χ2n) is 4.68. The monoisotopic (exact) mass is 284 g/mol. The van der Waals surface area contributed by atoms with Crippen molar-refractivity contribution < 1.29 is 13.9 Å². The second-order valence-corrected chi connectivity index (χ2v) is 4.68. The molecule has 0 saturated heterocycles. The Kier molecular flexibility index (Phi) is 4.88. The fraction of sp³-hybridized carbons (Fsp3) is 0.167. The Hall–Kier alpha value is -2.42. The molecule has 0 heterocycles. The van der Waals surface area contributed by atoms with Crippen LogP contribution in [0.25, 0.3) is 5.57 Å². The summed E-state index contributed by atoms with van der Waals surface area (Å²) in [6.45, 7) is 4.07. The van der Waals surface area contributed by atoms with Crippen LogP contribution in [0.2, 0.25) is 0 Å². The minimum Gasteiger partial charge on any atom is -0.463 e. The van der Waals surface area contributed by atoms with E-state index in [2.05, 4.69) is 0 Å². The van der Waals surface area contributed by atoms with E-state index in [0.717, 1.165) is 16.7 Å². The van der Waals surface area contributed by atoms with E-state index < -0.39 is 5.97 Å². The number of hydrogen-bond acceptors (Lipinski definition) is 2. The normalized spacial score (nSPS) is 11.3. The van der Waals surface area contributed by atoms with Gasteiger partial charge in [0, 0.05) is 6.08 Å². The van der Waals surface area contributed by atoms with Gasteiger partial charge in [0.1, 0.15) is 5.82 Å². The standard InChI is InChI=1S/C18H17FO2/c1-3-21-18(20)12-17(14-6-4-13(2)5-7-14)15-8-10-16(19)11-9-15/h4-12H,3H2,1-2H3/b17-12+. The van der Waals surface area contributed by atoms with Crippen LogP contribution in [0.3, 0.4) is 0 Å². The van der Waals surface area contributed by atoms with Crippen molar-refractivity contribution in [2.24, 2.45) is 0 Å². The highest BCUT2D eigenvalue weighted by Gasteiger charge is 2.08. The van der Waals surface area contributed by atoms with E-state index in [1.807, 2.05) is 31.2 Å². The summed E-state index contributed by atoms with van der Waals surface area (Å²) in [4.78, 5) is 11.8. The van der Waals surface area contributed by atoms with E-state index in [1.165, 1.54) is 18.2 Å². The molecule has 2 rings (SSSR count). The lowest BCUT2D eigenvalue weighted by molar-refractivity contribution is -0.137. The van der Waals surface area contributed by atoms with Crippen LogP contribution in [-0.2, 0) is 9.53 Å². The maximum Gasteiger partial charge on any atom is 0.331 e. The summed E-state index contributed by atoms with van der Waals surface area (Å²) in [7, 11) is 0. The summed E-state index contributed by atoms with van der Waals surface area (Å²) < 4.78 is 18.1. The Morgan fingerprint density at radius 2 is 1.57 bits per heavy atom. The molecule has 0 aliphatic carbocycles. The van der Waals surface area contributed by atoms with Gasteiger partial charge in [-0.15, -0.1) is 0 Å². The Balaban J connectivity index is 2.46. The van der Waals surface area contributed by atoms with Gasteiger partial charge in [-0.2, -0.15) is 0 Å². The third-order valence-corrected chi connectivity index (χ3v) is 3.07. The SMILES string of the molecule is CCOC(=O)/C=C(\c1ccc(C)cc1)c1ccc(F)cc1. The number of ether oxygens (including phenoxy) is 1. The molecule has 108 valence electrons. The van der Waals surface area contributed by atoms with Crippen molar-refractivity contribution in [3.8, 4) is 0 Å². The molecule has 0 aliphatic rings. The fourth-order valence-corrected chi connectivity index (χ4v) is 2.00. The molecule has 3 heteroatoms. The van der Waals surface area contributed by atoms with Crippen LogP contribution in [0.1, 0.15) is 23.6 Å². The van der Waals surface area contributed by atoms with Gasteiger partial charge in [0.05, 0.1) is 6.61 Å². The van der Waals surface area contributed by atoms with E-state index in [4.69, 9.17) is 4.74 Å². The first kappa shape index (κ1) is 15.0. The molecular formula is C18H17FO2. The molecule has 0 fully saturated rings. The Labute approximate surface area is 123 Å². The predicted octanol–water partition coefficient (Wildman–Crippen LogP) is 4.13. The molecule has 0 radical (unpaired) electrons. The molecule has 21 heavy (non-hydrogen) atoms. The molecule has 0 saturated carbocycles. The summed E-state index contributed by atoms with van der Waals surface area (Å²) >= 11 is 0. The minimum atomic E-state index is -0.405. The predicted molar refractivity (Wildman–Crippen MR) is 81.3 cm³/mol. The van der Waals surface area contributed by atoms with Gasteiger partial charge in [-0.3, -0.25) is 0 Å². The third kappa shape index (κ3) is 4.02. The number of aryl methyl sites for hydroxylation is 1. The lowest BCUT2D eigenvalue weighted by Gasteiger charge is -2.09. The van der Waals surface area contributed by atoms with Crippen molar-refractivity contribution in [2.75, 3.05) is 6.61 Å². The van der Waals surface area contributed by atoms with E-state index in [1.54, 1.807) is 19.1 Å². The average Bonchev–Trinajstić information content (AvgIpc) is 2.47. The van der Waals surface area contributed by atoms with Crippen LogP contribution in [-0.4, -0.2) is 12.6 Å². The highest BCUT2D eigenvalue weighted by Crippen LogP contribution is 2.24. The lowest BCUT2D eigenvalue weighted by atomic mass is 9.97. The summed E-state index contributed by atoms with van der Waals surface area (Å²) in [6.07, 6.45) is 1.45. The minimum absolute atomic E-state index is 0.307. The van der Waals surface area contributed by atoms with E-state index in [0.29, 0.717) is 12.2 Å². The summed E-state index contributed by atoms with van der Waals surface area (Å²) in [5, 5.41) is 0. The maximum atomic E-state index is 13.1. The zero-order valence-corrected chi connectivity index (χ0v) is 12.1. The largest absolute Gasteiger partial charge is 0.463 e. The number of esters is 1. The topological polar surface area (TPSA) is 26.3 Å². The highest BCUT2D eigenvalue weighted by molar-refractivity contribution is 5.96. The molecule has 0 aliphatic heterocycles. The van der Waals surface area contributed by atoms with Gasteiger partial charge in [0.25, 0.3) is 0 Å². The van der Waals surface area contributed by atoms with Crippen LogP contribution in [0.15, 0.2) is 54.6 Å². The number of benzene rings is 2. The quantitative estimate of drug-likeness (QED) is 0.623. The molecule has 0 atom stereocenters. The number of carbonyl (C=O) groups is 1. The average molecular weight is 284 g/mol. The van der Waals surface area contributed by atoms with Gasteiger partial charge in [-0.1, -0.05) is 42.0 Å². The van der Waals surface area contributed by atoms with Crippen molar-refractivity contribution in [1.82, 2.24) is 0 Å². The first-order chi connectivity index (χ1) is 10.1. The Morgan fingerprint density at radius 1 is 1.05 bits per heavy atom. The molecule has 0 unspecified atom stereocenters. The van der Waals surface area contributed by atoms with Crippen LogP contribution < -0.4 is 0 Å². The van der Waals surface area contributed by atoms with Crippen molar-refractivity contribution in [2.45, 2.75) is 13.8 Å². The zero-order chi connectivity index (χ0) is 15.2. The first-order valence-electron chi connectivity index (χ1n) is 6.81. The van der Waals surface area contributed by atoms with Crippen LogP contribution in [0.4, 0.5) is 4.39 Å². The van der Waals surface area contributed by atoms with Crippen LogP contribution in [0, 0.1) is 12.7 Å². The van der Waals surface area contributed by atoms with Gasteiger partial charge >= 0.3 is 5.97 Å². The smallest absolute Gasteiger partial charge is 0.331 e. The number of rotatable bonds is 4. The molecule has 2 aromatic carbocycles. The van der Waals surface area contributed by atoms with Crippen molar-refractivity contribution in [1.29, 1.82) is 0 Å². The zero-order valence-electron chi connectivity index (χ0n) is 12.1. The van der Waals surface area contributed by atoms with Crippen molar-refractivity contribution in [3.63, 3.8) is 0 Å². The summed E-state index contributed by atoms with van der Waals surface area (Å²) in [6, 6.07) is 13.9. The molecular weight excluding hydrogens is 267 g/mol. The highest BCUT2D eigenvalue weighted by atomic mass is 19.1. The number of carbonyl (C=O) groups excluding carboxylic acids is 1. The van der Waals surface area contributed by atoms with Crippen LogP contribution in [0.5, 0.6) is 0 Å². The Bertz CT molecular complexity index is 592. The molecule has 2 nitrogen and oxygen atoms in total. The Morgan fingerprint density at radius 3 is 2.10 bits per heavy atom. The molecule has 0 amide bonds. The van der Waals surface area contributed by atoms with E-state index in [-0.39, 0.29) is 5.82 Å².